The van der Waals surface area contributed by atoms with Gasteiger partial charge in [-0.15, -0.1) is 0 Å². The molecule has 1 aromatic carbocycles. The highest BCUT2D eigenvalue weighted by Crippen LogP contribution is 2.28. The van der Waals surface area contributed by atoms with E-state index in [4.69, 9.17) is 9.47 Å². The van der Waals surface area contributed by atoms with Gasteiger partial charge in [0.1, 0.15) is 18.5 Å². The van der Waals surface area contributed by atoms with E-state index in [9.17, 15) is 0 Å². The maximum Gasteiger partial charge on any atom is 0.125 e. The Morgan fingerprint density at radius 2 is 2.00 bits per heavy atom. The maximum absolute atomic E-state index is 5.77. The zero-order valence-electron chi connectivity index (χ0n) is 10.2. The van der Waals surface area contributed by atoms with Crippen molar-refractivity contribution in [2.24, 2.45) is 0 Å². The molecule has 0 spiro atoms. The molecule has 2 heteroatoms. The third-order valence-corrected chi connectivity index (χ3v) is 2.77. The number of benzene rings is 1. The molecule has 0 saturated carbocycles. The molecule has 0 radical (unpaired) electrons. The van der Waals surface area contributed by atoms with E-state index >= 15 is 0 Å². The van der Waals surface area contributed by atoms with Crippen molar-refractivity contribution in [1.29, 1.82) is 0 Å². The van der Waals surface area contributed by atoms with Crippen LogP contribution in [0.5, 0.6) is 5.75 Å². The number of hydrogen-bond acceptors (Lipinski definition) is 2. The molecule has 1 unspecified atom stereocenters. The van der Waals surface area contributed by atoms with E-state index in [-0.39, 0.29) is 0 Å². The number of hydrogen-bond donors (Lipinski definition) is 0. The summed E-state index contributed by atoms with van der Waals surface area (Å²) in [5.41, 5.74) is 4.60. The van der Waals surface area contributed by atoms with E-state index in [1.807, 2.05) is 6.92 Å². The lowest BCUT2D eigenvalue weighted by Crippen LogP contribution is -2.06. The summed E-state index contributed by atoms with van der Waals surface area (Å²) in [6.07, 6.45) is 0.305. The Labute approximate surface area is 96.9 Å². The molecule has 0 bridgehead atoms. The summed E-state index contributed by atoms with van der Waals surface area (Å²) in [4.78, 5) is 0. The monoisotopic (exact) mass is 218 g/mol. The Hall–Kier alpha value is -1.28. The first-order chi connectivity index (χ1) is 7.58. The molecule has 1 heterocycles. The van der Waals surface area contributed by atoms with Crippen LogP contribution in [-0.4, -0.2) is 19.3 Å². The third-order valence-electron chi connectivity index (χ3n) is 2.77. The van der Waals surface area contributed by atoms with Crippen LogP contribution in [0.4, 0.5) is 0 Å². The van der Waals surface area contributed by atoms with Crippen molar-refractivity contribution < 1.29 is 9.47 Å². The van der Waals surface area contributed by atoms with Gasteiger partial charge in [-0.1, -0.05) is 12.2 Å². The van der Waals surface area contributed by atoms with E-state index in [2.05, 4.69) is 32.6 Å². The van der Waals surface area contributed by atoms with Gasteiger partial charge in [-0.25, -0.2) is 0 Å². The summed E-state index contributed by atoms with van der Waals surface area (Å²) in [6, 6.07) is 4.25. The fourth-order valence-corrected chi connectivity index (χ4v) is 1.76. The highest BCUT2D eigenvalue weighted by molar-refractivity contribution is 5.64. The Bertz CT molecular complexity index is 394. The zero-order valence-corrected chi connectivity index (χ0v) is 10.2. The molecule has 1 fully saturated rings. The van der Waals surface area contributed by atoms with Gasteiger partial charge in [-0.2, -0.15) is 0 Å². The molecule has 2 rings (SSSR count). The van der Waals surface area contributed by atoms with Gasteiger partial charge in [0.15, 0.2) is 0 Å². The number of epoxide rings is 1. The van der Waals surface area contributed by atoms with Gasteiger partial charge in [0.25, 0.3) is 0 Å². The molecule has 2 nitrogen and oxygen atoms in total. The summed E-state index contributed by atoms with van der Waals surface area (Å²) >= 11 is 0. The van der Waals surface area contributed by atoms with Crippen molar-refractivity contribution in [1.82, 2.24) is 0 Å². The Morgan fingerprint density at radius 1 is 1.44 bits per heavy atom. The number of aryl methyl sites for hydroxylation is 2. The van der Waals surface area contributed by atoms with Crippen LogP contribution in [0.3, 0.4) is 0 Å². The molecule has 1 saturated heterocycles. The fourth-order valence-electron chi connectivity index (χ4n) is 1.76. The van der Waals surface area contributed by atoms with Gasteiger partial charge < -0.3 is 9.47 Å². The van der Waals surface area contributed by atoms with Gasteiger partial charge in [0.2, 0.25) is 0 Å². The van der Waals surface area contributed by atoms with Gasteiger partial charge in [-0.05, 0) is 49.6 Å². The molecule has 1 atom stereocenters. The molecule has 86 valence electrons. The van der Waals surface area contributed by atoms with Crippen molar-refractivity contribution in [3.8, 4) is 5.75 Å². The highest BCUT2D eigenvalue weighted by atomic mass is 16.6. The molecule has 0 amide bonds. The first-order valence-corrected chi connectivity index (χ1v) is 5.59. The van der Waals surface area contributed by atoms with Gasteiger partial charge in [0, 0.05) is 0 Å². The van der Waals surface area contributed by atoms with E-state index < -0.39 is 0 Å². The number of ether oxygens (including phenoxy) is 2. The lowest BCUT2D eigenvalue weighted by atomic mass is 10.0. The Morgan fingerprint density at radius 3 is 2.44 bits per heavy atom. The van der Waals surface area contributed by atoms with Crippen molar-refractivity contribution in [2.75, 3.05) is 13.2 Å². The molecule has 0 aliphatic carbocycles. The van der Waals surface area contributed by atoms with E-state index in [1.54, 1.807) is 0 Å². The first-order valence-electron chi connectivity index (χ1n) is 5.59. The molecule has 16 heavy (non-hydrogen) atoms. The average molecular weight is 218 g/mol. The van der Waals surface area contributed by atoms with Crippen LogP contribution in [0, 0.1) is 13.8 Å². The standard InChI is InChI=1S/C14H18O2/c1-9(2)12-5-10(3)14(11(4)6-12)16-8-13-7-15-13/h5-6,13H,1,7-8H2,2-4H3. The Kier molecular flexibility index (Phi) is 3.01. The minimum Gasteiger partial charge on any atom is -0.490 e. The van der Waals surface area contributed by atoms with Crippen LogP contribution in [0.2, 0.25) is 0 Å². The minimum absolute atomic E-state index is 0.305. The average Bonchev–Trinajstić information content (AvgIpc) is 2.99. The van der Waals surface area contributed by atoms with E-state index in [0.717, 1.165) is 17.9 Å². The molecule has 1 aromatic rings. The van der Waals surface area contributed by atoms with Crippen LogP contribution < -0.4 is 4.74 Å². The Balaban J connectivity index is 2.19. The van der Waals surface area contributed by atoms with Gasteiger partial charge in [0.05, 0.1) is 6.61 Å². The molecule has 0 aromatic heterocycles. The van der Waals surface area contributed by atoms with Crippen molar-refractivity contribution in [3.05, 3.63) is 35.4 Å². The van der Waals surface area contributed by atoms with Gasteiger partial charge >= 0.3 is 0 Å². The highest BCUT2D eigenvalue weighted by Gasteiger charge is 2.23. The van der Waals surface area contributed by atoms with Gasteiger partial charge in [-0.3, -0.25) is 0 Å². The van der Waals surface area contributed by atoms with Crippen LogP contribution in [0.15, 0.2) is 18.7 Å². The van der Waals surface area contributed by atoms with Crippen molar-refractivity contribution in [2.45, 2.75) is 26.9 Å². The number of allylic oxidation sites excluding steroid dienone is 1. The zero-order chi connectivity index (χ0) is 11.7. The lowest BCUT2D eigenvalue weighted by molar-refractivity contribution is 0.260. The fraction of sp³-hybridized carbons (Fsp3) is 0.429. The summed E-state index contributed by atoms with van der Waals surface area (Å²) < 4.78 is 10.9. The van der Waals surface area contributed by atoms with Crippen LogP contribution in [0.25, 0.3) is 5.57 Å². The second kappa shape index (κ2) is 4.30. The first kappa shape index (κ1) is 11.2. The lowest BCUT2D eigenvalue weighted by Gasteiger charge is -2.13. The second-order valence-electron chi connectivity index (χ2n) is 4.49. The topological polar surface area (TPSA) is 21.8 Å². The predicted octanol–water partition coefficient (Wildman–Crippen LogP) is 3.11. The summed E-state index contributed by atoms with van der Waals surface area (Å²) in [5.74, 6) is 0.987. The summed E-state index contributed by atoms with van der Waals surface area (Å²) in [7, 11) is 0. The van der Waals surface area contributed by atoms with Crippen LogP contribution in [-0.2, 0) is 4.74 Å². The molecular weight excluding hydrogens is 200 g/mol. The summed E-state index contributed by atoms with van der Waals surface area (Å²) in [5, 5.41) is 0. The molecule has 1 aliphatic rings. The van der Waals surface area contributed by atoms with Crippen molar-refractivity contribution >= 4 is 5.57 Å². The quantitative estimate of drug-likeness (QED) is 0.724. The van der Waals surface area contributed by atoms with Crippen LogP contribution >= 0.6 is 0 Å². The number of rotatable bonds is 4. The molecule has 0 N–H and O–H groups in total. The van der Waals surface area contributed by atoms with E-state index in [0.29, 0.717) is 12.7 Å². The normalized spacial score (nSPS) is 18.3. The smallest absolute Gasteiger partial charge is 0.125 e. The largest absolute Gasteiger partial charge is 0.490 e. The van der Waals surface area contributed by atoms with E-state index in [1.165, 1.54) is 16.7 Å². The summed E-state index contributed by atoms with van der Waals surface area (Å²) in [6.45, 7) is 11.6. The SMILES string of the molecule is C=C(C)c1cc(C)c(OCC2CO2)c(C)c1. The van der Waals surface area contributed by atoms with Crippen molar-refractivity contribution in [3.63, 3.8) is 0 Å². The maximum atomic E-state index is 5.77. The predicted molar refractivity (Wildman–Crippen MR) is 65.9 cm³/mol. The molecular formula is C14H18O2. The third kappa shape index (κ3) is 2.45. The molecule has 1 aliphatic heterocycles. The second-order valence-corrected chi connectivity index (χ2v) is 4.49. The minimum atomic E-state index is 0.305. The van der Waals surface area contributed by atoms with Crippen LogP contribution in [0.1, 0.15) is 23.6 Å².